The third kappa shape index (κ3) is 4.65. The average molecular weight is 390 g/mol. The quantitative estimate of drug-likeness (QED) is 0.677. The van der Waals surface area contributed by atoms with Crippen LogP contribution in [-0.4, -0.2) is 38.8 Å². The lowest BCUT2D eigenvalue weighted by Gasteiger charge is -2.32. The Labute approximate surface area is 169 Å². The summed E-state index contributed by atoms with van der Waals surface area (Å²) in [4.78, 5) is 27.5. The van der Waals surface area contributed by atoms with E-state index in [0.717, 1.165) is 40.9 Å². The molecule has 0 unspecified atom stereocenters. The topological polar surface area (TPSA) is 59.0 Å². The predicted octanol–water partition coefficient (Wildman–Crippen LogP) is 3.93. The molecule has 0 aliphatic carbocycles. The summed E-state index contributed by atoms with van der Waals surface area (Å²) in [5.41, 5.74) is 4.92. The SMILES string of the molecule is Cc1cc(-c2cncnc2)cc(C2CCN(C(=O)Cc3ccc(F)cc3)CC2)n1. The molecule has 29 heavy (non-hydrogen) atoms. The zero-order valence-corrected chi connectivity index (χ0v) is 16.4. The van der Waals surface area contributed by atoms with Crippen LogP contribution in [0.3, 0.4) is 0 Å². The van der Waals surface area contributed by atoms with Crippen molar-refractivity contribution in [1.29, 1.82) is 0 Å². The fourth-order valence-electron chi connectivity index (χ4n) is 3.83. The molecular formula is C23H23FN4O. The second kappa shape index (κ2) is 8.47. The second-order valence-electron chi connectivity index (χ2n) is 7.51. The van der Waals surface area contributed by atoms with Gasteiger partial charge in [-0.1, -0.05) is 12.1 Å². The monoisotopic (exact) mass is 390 g/mol. The zero-order valence-electron chi connectivity index (χ0n) is 16.4. The number of carbonyl (C=O) groups is 1. The van der Waals surface area contributed by atoms with Gasteiger partial charge in [0, 0.05) is 48.4 Å². The highest BCUT2D eigenvalue weighted by atomic mass is 19.1. The Morgan fingerprint density at radius 1 is 1.07 bits per heavy atom. The molecule has 4 rings (SSSR count). The molecule has 0 saturated carbocycles. The first kappa shape index (κ1) is 19.2. The van der Waals surface area contributed by atoms with Crippen molar-refractivity contribution in [2.45, 2.75) is 32.1 Å². The number of aromatic nitrogens is 3. The Bertz CT molecular complexity index is 984. The van der Waals surface area contributed by atoms with E-state index >= 15 is 0 Å². The molecule has 1 aliphatic rings. The largest absolute Gasteiger partial charge is 0.342 e. The highest BCUT2D eigenvalue weighted by Crippen LogP contribution is 2.30. The van der Waals surface area contributed by atoms with Crippen LogP contribution in [0.2, 0.25) is 0 Å². The third-order valence-electron chi connectivity index (χ3n) is 5.40. The molecule has 6 heteroatoms. The molecule has 3 aromatic rings. The van der Waals surface area contributed by atoms with Crippen molar-refractivity contribution in [2.24, 2.45) is 0 Å². The minimum atomic E-state index is -0.283. The number of hydrogen-bond donors (Lipinski definition) is 0. The first-order chi connectivity index (χ1) is 14.1. The standard InChI is InChI=1S/C23H23FN4O/c1-16-10-19(20-13-25-15-26-14-20)12-22(27-16)18-6-8-28(9-7-18)23(29)11-17-2-4-21(24)5-3-17/h2-5,10,12-15,18H,6-9,11H2,1H3. The fourth-order valence-corrected chi connectivity index (χ4v) is 3.83. The Morgan fingerprint density at radius 3 is 2.45 bits per heavy atom. The first-order valence-electron chi connectivity index (χ1n) is 9.84. The summed E-state index contributed by atoms with van der Waals surface area (Å²) < 4.78 is 13.0. The van der Waals surface area contributed by atoms with Crippen molar-refractivity contribution in [3.05, 3.63) is 77.9 Å². The van der Waals surface area contributed by atoms with Crippen molar-refractivity contribution in [2.75, 3.05) is 13.1 Å². The summed E-state index contributed by atoms with van der Waals surface area (Å²) in [6.07, 6.45) is 7.22. The number of nitrogens with zero attached hydrogens (tertiary/aromatic N) is 4. The molecule has 5 nitrogen and oxygen atoms in total. The predicted molar refractivity (Wildman–Crippen MR) is 109 cm³/mol. The van der Waals surface area contributed by atoms with E-state index in [1.54, 1.807) is 12.1 Å². The molecule has 0 atom stereocenters. The number of rotatable bonds is 4. The molecule has 0 bridgehead atoms. The maximum Gasteiger partial charge on any atom is 0.226 e. The van der Waals surface area contributed by atoms with Crippen LogP contribution in [-0.2, 0) is 11.2 Å². The molecule has 0 radical (unpaired) electrons. The van der Waals surface area contributed by atoms with E-state index in [2.05, 4.69) is 16.0 Å². The van der Waals surface area contributed by atoms with Crippen LogP contribution in [0.25, 0.3) is 11.1 Å². The molecule has 148 valence electrons. The molecule has 0 N–H and O–H groups in total. The summed E-state index contributed by atoms with van der Waals surface area (Å²) in [6, 6.07) is 10.3. The number of aryl methyl sites for hydroxylation is 1. The normalized spacial score (nSPS) is 14.8. The van der Waals surface area contributed by atoms with Crippen LogP contribution in [0.15, 0.2) is 55.1 Å². The van der Waals surface area contributed by atoms with Gasteiger partial charge in [-0.25, -0.2) is 14.4 Å². The fraction of sp³-hybridized carbons (Fsp3) is 0.304. The summed E-state index contributed by atoms with van der Waals surface area (Å²) >= 11 is 0. The van der Waals surface area contributed by atoms with Crippen LogP contribution in [0.4, 0.5) is 4.39 Å². The van der Waals surface area contributed by atoms with E-state index in [4.69, 9.17) is 4.98 Å². The lowest BCUT2D eigenvalue weighted by atomic mass is 9.91. The van der Waals surface area contributed by atoms with Gasteiger partial charge in [0.15, 0.2) is 0 Å². The Morgan fingerprint density at radius 2 is 1.76 bits per heavy atom. The van der Waals surface area contributed by atoms with Gasteiger partial charge in [-0.15, -0.1) is 0 Å². The van der Waals surface area contributed by atoms with Gasteiger partial charge in [-0.05, 0) is 55.2 Å². The van der Waals surface area contributed by atoms with E-state index in [0.29, 0.717) is 25.4 Å². The Hall–Kier alpha value is -3.15. The zero-order chi connectivity index (χ0) is 20.2. The van der Waals surface area contributed by atoms with Crippen LogP contribution >= 0.6 is 0 Å². The van der Waals surface area contributed by atoms with Crippen LogP contribution in [0, 0.1) is 12.7 Å². The van der Waals surface area contributed by atoms with Gasteiger partial charge in [-0.2, -0.15) is 0 Å². The first-order valence-corrected chi connectivity index (χ1v) is 9.84. The van der Waals surface area contributed by atoms with Gasteiger partial charge in [0.2, 0.25) is 5.91 Å². The number of likely N-dealkylation sites (tertiary alicyclic amines) is 1. The van der Waals surface area contributed by atoms with Crippen LogP contribution in [0.1, 0.15) is 35.7 Å². The molecule has 1 aromatic carbocycles. The van der Waals surface area contributed by atoms with Crippen molar-refractivity contribution in [3.8, 4) is 11.1 Å². The van der Waals surface area contributed by atoms with Gasteiger partial charge in [-0.3, -0.25) is 9.78 Å². The molecule has 3 heterocycles. The minimum absolute atomic E-state index is 0.0920. The van der Waals surface area contributed by atoms with E-state index in [-0.39, 0.29) is 11.7 Å². The number of amides is 1. The van der Waals surface area contributed by atoms with E-state index in [9.17, 15) is 9.18 Å². The van der Waals surface area contributed by atoms with E-state index in [1.165, 1.54) is 18.5 Å². The molecule has 1 saturated heterocycles. The Balaban J connectivity index is 1.41. The highest BCUT2D eigenvalue weighted by Gasteiger charge is 2.25. The lowest BCUT2D eigenvalue weighted by molar-refractivity contribution is -0.131. The summed E-state index contributed by atoms with van der Waals surface area (Å²) in [5.74, 6) is 0.136. The Kier molecular flexibility index (Phi) is 5.60. The average Bonchev–Trinajstić information content (AvgIpc) is 2.75. The van der Waals surface area contributed by atoms with Gasteiger partial charge in [0.1, 0.15) is 12.1 Å². The van der Waals surface area contributed by atoms with Gasteiger partial charge >= 0.3 is 0 Å². The van der Waals surface area contributed by atoms with Crippen molar-refractivity contribution in [1.82, 2.24) is 19.9 Å². The summed E-state index contributed by atoms with van der Waals surface area (Å²) in [7, 11) is 0. The molecule has 1 amide bonds. The van der Waals surface area contributed by atoms with Crippen molar-refractivity contribution in [3.63, 3.8) is 0 Å². The number of carbonyl (C=O) groups excluding carboxylic acids is 1. The minimum Gasteiger partial charge on any atom is -0.342 e. The van der Waals surface area contributed by atoms with Gasteiger partial charge in [0.05, 0.1) is 6.42 Å². The maximum atomic E-state index is 13.0. The summed E-state index contributed by atoms with van der Waals surface area (Å²) in [5, 5.41) is 0. The van der Waals surface area contributed by atoms with Gasteiger partial charge in [0.25, 0.3) is 0 Å². The second-order valence-corrected chi connectivity index (χ2v) is 7.51. The number of halogens is 1. The van der Waals surface area contributed by atoms with Gasteiger partial charge < -0.3 is 4.90 Å². The molecular weight excluding hydrogens is 367 g/mol. The maximum absolute atomic E-state index is 13.0. The third-order valence-corrected chi connectivity index (χ3v) is 5.40. The number of pyridine rings is 1. The van der Waals surface area contributed by atoms with Crippen LogP contribution in [0.5, 0.6) is 0 Å². The molecule has 1 aliphatic heterocycles. The lowest BCUT2D eigenvalue weighted by Crippen LogP contribution is -2.39. The van der Waals surface area contributed by atoms with Crippen molar-refractivity contribution >= 4 is 5.91 Å². The van der Waals surface area contributed by atoms with Crippen LogP contribution < -0.4 is 0 Å². The molecule has 0 spiro atoms. The number of benzene rings is 1. The smallest absolute Gasteiger partial charge is 0.226 e. The van der Waals surface area contributed by atoms with E-state index in [1.807, 2.05) is 30.3 Å². The highest BCUT2D eigenvalue weighted by molar-refractivity contribution is 5.78. The van der Waals surface area contributed by atoms with E-state index < -0.39 is 0 Å². The molecule has 1 fully saturated rings. The number of hydrogen-bond acceptors (Lipinski definition) is 4. The summed E-state index contributed by atoms with van der Waals surface area (Å²) in [6.45, 7) is 3.42. The molecule has 2 aromatic heterocycles. The van der Waals surface area contributed by atoms with Crippen molar-refractivity contribution < 1.29 is 9.18 Å². The number of piperidine rings is 1.